The summed E-state index contributed by atoms with van der Waals surface area (Å²) >= 11 is 1.53. The standard InChI is InChI=1S/C12H21N3S/c1-4-7-8-9-11(13-6-3)12-10(5-2)14-15-16-12/h4,11,13H,1,5-9H2,2-3H3. The van der Waals surface area contributed by atoms with Crippen LogP contribution >= 0.6 is 11.5 Å². The lowest BCUT2D eigenvalue weighted by Crippen LogP contribution is -2.21. The van der Waals surface area contributed by atoms with Crippen molar-refractivity contribution >= 4 is 11.5 Å². The Morgan fingerprint density at radius 3 is 2.94 bits per heavy atom. The van der Waals surface area contributed by atoms with Crippen molar-refractivity contribution in [2.45, 2.75) is 45.6 Å². The van der Waals surface area contributed by atoms with Gasteiger partial charge in [-0.1, -0.05) is 24.4 Å². The highest BCUT2D eigenvalue weighted by molar-refractivity contribution is 7.05. The molecule has 0 saturated heterocycles. The van der Waals surface area contributed by atoms with Gasteiger partial charge in [0.15, 0.2) is 0 Å². The van der Waals surface area contributed by atoms with Crippen molar-refractivity contribution in [1.29, 1.82) is 0 Å². The maximum atomic E-state index is 4.17. The zero-order valence-corrected chi connectivity index (χ0v) is 11.0. The van der Waals surface area contributed by atoms with Gasteiger partial charge in [0.2, 0.25) is 0 Å². The van der Waals surface area contributed by atoms with E-state index >= 15 is 0 Å². The van der Waals surface area contributed by atoms with Gasteiger partial charge in [0.05, 0.1) is 10.6 Å². The average Bonchev–Trinajstić information content (AvgIpc) is 2.76. The van der Waals surface area contributed by atoms with Crippen LogP contribution in [-0.4, -0.2) is 16.1 Å². The molecule has 3 nitrogen and oxygen atoms in total. The van der Waals surface area contributed by atoms with Crippen LogP contribution < -0.4 is 5.32 Å². The van der Waals surface area contributed by atoms with Crippen LogP contribution in [0.5, 0.6) is 0 Å². The van der Waals surface area contributed by atoms with Gasteiger partial charge in [-0.05, 0) is 43.8 Å². The third-order valence-corrected chi connectivity index (χ3v) is 3.47. The van der Waals surface area contributed by atoms with E-state index in [0.717, 1.165) is 31.5 Å². The fourth-order valence-corrected chi connectivity index (χ4v) is 2.61. The van der Waals surface area contributed by atoms with Crippen molar-refractivity contribution in [3.05, 3.63) is 23.2 Å². The zero-order valence-electron chi connectivity index (χ0n) is 10.2. The molecule has 1 heterocycles. The van der Waals surface area contributed by atoms with Crippen molar-refractivity contribution in [2.24, 2.45) is 0 Å². The monoisotopic (exact) mass is 239 g/mol. The smallest absolute Gasteiger partial charge is 0.0800 e. The van der Waals surface area contributed by atoms with Crippen molar-refractivity contribution in [1.82, 2.24) is 14.9 Å². The van der Waals surface area contributed by atoms with E-state index in [9.17, 15) is 0 Å². The summed E-state index contributed by atoms with van der Waals surface area (Å²) in [5.74, 6) is 0. The summed E-state index contributed by atoms with van der Waals surface area (Å²) in [6.07, 6.45) is 6.33. The van der Waals surface area contributed by atoms with Crippen molar-refractivity contribution < 1.29 is 0 Å². The fourth-order valence-electron chi connectivity index (χ4n) is 1.76. The number of hydrogen-bond acceptors (Lipinski definition) is 4. The molecule has 1 atom stereocenters. The van der Waals surface area contributed by atoms with E-state index in [1.54, 1.807) is 0 Å². The minimum Gasteiger partial charge on any atom is -0.309 e. The summed E-state index contributed by atoms with van der Waals surface area (Å²) in [6, 6.07) is 0.417. The molecule has 1 rings (SSSR count). The van der Waals surface area contributed by atoms with E-state index in [1.165, 1.54) is 22.8 Å². The van der Waals surface area contributed by atoms with Crippen LogP contribution in [0.1, 0.15) is 49.7 Å². The first-order chi connectivity index (χ1) is 7.83. The van der Waals surface area contributed by atoms with E-state index < -0.39 is 0 Å². The van der Waals surface area contributed by atoms with Crippen molar-refractivity contribution in [3.63, 3.8) is 0 Å². The predicted molar refractivity (Wildman–Crippen MR) is 69.8 cm³/mol. The third kappa shape index (κ3) is 3.68. The minimum absolute atomic E-state index is 0.417. The van der Waals surface area contributed by atoms with Gasteiger partial charge < -0.3 is 5.32 Å². The lowest BCUT2D eigenvalue weighted by atomic mass is 10.1. The van der Waals surface area contributed by atoms with Gasteiger partial charge in [0.25, 0.3) is 0 Å². The molecule has 0 aromatic carbocycles. The van der Waals surface area contributed by atoms with Gasteiger partial charge in [-0.15, -0.1) is 11.7 Å². The van der Waals surface area contributed by atoms with Gasteiger partial charge in [-0.25, -0.2) is 0 Å². The lowest BCUT2D eigenvalue weighted by molar-refractivity contribution is 0.503. The van der Waals surface area contributed by atoms with Gasteiger partial charge in [-0.3, -0.25) is 0 Å². The SMILES string of the molecule is C=CCCCC(NCC)c1snnc1CC. The summed E-state index contributed by atoms with van der Waals surface area (Å²) in [6.45, 7) is 9.01. The van der Waals surface area contributed by atoms with Gasteiger partial charge in [-0.2, -0.15) is 0 Å². The van der Waals surface area contributed by atoms with Gasteiger partial charge in [0.1, 0.15) is 0 Å². The molecule has 0 amide bonds. The molecule has 0 aliphatic heterocycles. The van der Waals surface area contributed by atoms with E-state index in [4.69, 9.17) is 0 Å². The Labute approximate surface area is 102 Å². The fraction of sp³-hybridized carbons (Fsp3) is 0.667. The minimum atomic E-state index is 0.417. The molecule has 1 unspecified atom stereocenters. The van der Waals surface area contributed by atoms with Gasteiger partial charge >= 0.3 is 0 Å². The molecule has 0 spiro atoms. The highest BCUT2D eigenvalue weighted by Gasteiger charge is 2.16. The Morgan fingerprint density at radius 2 is 2.31 bits per heavy atom. The van der Waals surface area contributed by atoms with Crippen LogP contribution in [0.15, 0.2) is 12.7 Å². The summed E-state index contributed by atoms with van der Waals surface area (Å²) in [4.78, 5) is 1.31. The highest BCUT2D eigenvalue weighted by atomic mass is 32.1. The van der Waals surface area contributed by atoms with Crippen LogP contribution in [0.2, 0.25) is 0 Å². The number of rotatable bonds is 8. The Morgan fingerprint density at radius 1 is 1.50 bits per heavy atom. The molecule has 1 N–H and O–H groups in total. The number of allylic oxidation sites excluding steroid dienone is 1. The first kappa shape index (κ1) is 13.3. The number of hydrogen-bond donors (Lipinski definition) is 1. The molecule has 0 bridgehead atoms. The lowest BCUT2D eigenvalue weighted by Gasteiger charge is -2.16. The molecule has 0 radical (unpaired) electrons. The second kappa shape index (κ2) is 7.52. The first-order valence-electron chi connectivity index (χ1n) is 5.98. The number of nitrogens with zero attached hydrogens (tertiary/aromatic N) is 2. The van der Waals surface area contributed by atoms with E-state index in [2.05, 4.69) is 35.3 Å². The maximum absolute atomic E-state index is 4.17. The second-order valence-corrected chi connectivity index (χ2v) is 4.55. The molecular weight excluding hydrogens is 218 g/mol. The molecule has 16 heavy (non-hydrogen) atoms. The number of aromatic nitrogens is 2. The first-order valence-corrected chi connectivity index (χ1v) is 6.76. The maximum Gasteiger partial charge on any atom is 0.0800 e. The molecule has 1 aromatic rings. The molecule has 0 fully saturated rings. The normalized spacial score (nSPS) is 12.6. The topological polar surface area (TPSA) is 37.8 Å². The summed E-state index contributed by atoms with van der Waals surface area (Å²) in [5, 5.41) is 7.69. The Hall–Kier alpha value is -0.740. The van der Waals surface area contributed by atoms with Crippen LogP contribution in [0.4, 0.5) is 0 Å². The van der Waals surface area contributed by atoms with Crippen LogP contribution in [0.25, 0.3) is 0 Å². The van der Waals surface area contributed by atoms with Crippen LogP contribution in [0, 0.1) is 0 Å². The molecule has 0 aliphatic rings. The molecular formula is C12H21N3S. The number of unbranched alkanes of at least 4 members (excludes halogenated alkanes) is 1. The van der Waals surface area contributed by atoms with Crippen molar-refractivity contribution in [2.75, 3.05) is 6.54 Å². The zero-order chi connectivity index (χ0) is 11.8. The number of aryl methyl sites for hydroxylation is 1. The predicted octanol–water partition coefficient (Wildman–Crippen LogP) is 3.11. The van der Waals surface area contributed by atoms with E-state index in [-0.39, 0.29) is 0 Å². The van der Waals surface area contributed by atoms with Gasteiger partial charge in [0, 0.05) is 6.04 Å². The summed E-state index contributed by atoms with van der Waals surface area (Å²) in [7, 11) is 0. The van der Waals surface area contributed by atoms with Crippen LogP contribution in [-0.2, 0) is 6.42 Å². The molecule has 1 aromatic heterocycles. The molecule has 4 heteroatoms. The van der Waals surface area contributed by atoms with E-state index in [0.29, 0.717) is 6.04 Å². The molecule has 0 saturated carbocycles. The average molecular weight is 239 g/mol. The Kier molecular flexibility index (Phi) is 6.26. The summed E-state index contributed by atoms with van der Waals surface area (Å²) in [5.41, 5.74) is 1.15. The largest absolute Gasteiger partial charge is 0.309 e. The second-order valence-electron chi connectivity index (χ2n) is 3.77. The summed E-state index contributed by atoms with van der Waals surface area (Å²) < 4.78 is 4.06. The van der Waals surface area contributed by atoms with Crippen LogP contribution in [0.3, 0.4) is 0 Å². The Bertz CT molecular complexity index is 309. The molecule has 0 aliphatic carbocycles. The van der Waals surface area contributed by atoms with Crippen molar-refractivity contribution in [3.8, 4) is 0 Å². The highest BCUT2D eigenvalue weighted by Crippen LogP contribution is 2.25. The quantitative estimate of drug-likeness (QED) is 0.559. The molecule has 90 valence electrons. The van der Waals surface area contributed by atoms with E-state index in [1.807, 2.05) is 6.08 Å². The Balaban J connectivity index is 2.64. The number of nitrogens with one attached hydrogen (secondary N) is 1. The third-order valence-electron chi connectivity index (χ3n) is 2.59.